The summed E-state index contributed by atoms with van der Waals surface area (Å²) in [5.41, 5.74) is 1.29. The van der Waals surface area contributed by atoms with Crippen LogP contribution in [0.5, 0.6) is 0 Å². The summed E-state index contributed by atoms with van der Waals surface area (Å²) in [6.45, 7) is 1.47. The predicted molar refractivity (Wildman–Crippen MR) is 77.1 cm³/mol. The van der Waals surface area contributed by atoms with Crippen LogP contribution in [0.4, 0.5) is 14.5 Å². The van der Waals surface area contributed by atoms with Gasteiger partial charge >= 0.3 is 5.97 Å². The number of aromatic carboxylic acids is 1. The maximum absolute atomic E-state index is 13.9. The maximum atomic E-state index is 13.9. The number of fused-ring (bicyclic) bond motifs is 1. The fraction of sp³-hybridized carbons (Fsp3) is 0.333. The first-order valence-corrected chi connectivity index (χ1v) is 6.83. The normalized spacial score (nSPS) is 14.3. The summed E-state index contributed by atoms with van der Waals surface area (Å²) in [6.07, 6.45) is 1.69. The summed E-state index contributed by atoms with van der Waals surface area (Å²) in [4.78, 5) is 13.2. The molecule has 0 bridgehead atoms. The number of nitrogens with zero attached hydrogens (tertiary/aromatic N) is 3. The largest absolute Gasteiger partial charge is 0.478 e. The van der Waals surface area contributed by atoms with E-state index in [1.807, 2.05) is 18.0 Å². The van der Waals surface area contributed by atoms with E-state index in [-0.39, 0.29) is 0 Å². The van der Waals surface area contributed by atoms with Crippen LogP contribution in [0, 0.1) is 0 Å². The molecule has 1 aromatic heterocycles. The number of benzene rings is 1. The molecule has 1 N–H and O–H groups in total. The molecule has 2 aromatic rings. The molecule has 1 aliphatic heterocycles. The molecule has 1 aromatic carbocycles. The third-order valence-corrected chi connectivity index (χ3v) is 3.88. The van der Waals surface area contributed by atoms with Crippen molar-refractivity contribution in [3.63, 3.8) is 0 Å². The number of rotatable bonds is 3. The zero-order valence-electron chi connectivity index (χ0n) is 12.2. The molecule has 1 aliphatic rings. The monoisotopic (exact) mass is 307 g/mol. The van der Waals surface area contributed by atoms with E-state index in [2.05, 4.69) is 5.10 Å². The average Bonchev–Trinajstić information content (AvgIpc) is 3.02. The second kappa shape index (κ2) is 4.79. The molecule has 0 amide bonds. The summed E-state index contributed by atoms with van der Waals surface area (Å²) in [5.74, 6) is -4.72. The lowest BCUT2D eigenvalue weighted by Gasteiger charge is -2.17. The predicted octanol–water partition coefficient (Wildman–Crippen LogP) is 2.67. The Morgan fingerprint density at radius 2 is 2.05 bits per heavy atom. The molecule has 116 valence electrons. The van der Waals surface area contributed by atoms with Gasteiger partial charge in [-0.3, -0.25) is 0 Å². The van der Waals surface area contributed by atoms with Crippen molar-refractivity contribution in [1.29, 1.82) is 0 Å². The van der Waals surface area contributed by atoms with E-state index in [0.29, 0.717) is 19.0 Å². The van der Waals surface area contributed by atoms with Gasteiger partial charge in [-0.15, -0.1) is 0 Å². The Morgan fingerprint density at radius 3 is 2.68 bits per heavy atom. The van der Waals surface area contributed by atoms with E-state index in [9.17, 15) is 13.6 Å². The zero-order chi connectivity index (χ0) is 16.1. The van der Waals surface area contributed by atoms with Crippen LogP contribution in [0.2, 0.25) is 0 Å². The van der Waals surface area contributed by atoms with Crippen molar-refractivity contribution in [2.24, 2.45) is 0 Å². The second-order valence-electron chi connectivity index (χ2n) is 5.46. The lowest BCUT2D eigenvalue weighted by Crippen LogP contribution is -2.19. The van der Waals surface area contributed by atoms with Gasteiger partial charge in [-0.1, -0.05) is 6.07 Å². The number of carboxylic acid groups (broad SMARTS) is 1. The van der Waals surface area contributed by atoms with Gasteiger partial charge in [-0.2, -0.15) is 13.9 Å². The summed E-state index contributed by atoms with van der Waals surface area (Å²) in [7, 11) is 1.93. The number of carbonyl (C=O) groups is 1. The standard InChI is InChI=1S/C15H15F2N3O2/c1-15(16,17)13-10(14(21)22)8-18-20(13)12-5-3-4-11-9(12)6-7-19(11)2/h3-5,8H,6-7H2,1-2H3,(H,21,22). The molecule has 0 radical (unpaired) electrons. The molecule has 0 spiro atoms. The molecule has 0 saturated heterocycles. The van der Waals surface area contributed by atoms with Gasteiger partial charge in [0, 0.05) is 31.8 Å². The van der Waals surface area contributed by atoms with Crippen molar-refractivity contribution in [2.45, 2.75) is 19.3 Å². The molecule has 7 heteroatoms. The first kappa shape index (κ1) is 14.5. The van der Waals surface area contributed by atoms with Crippen molar-refractivity contribution in [1.82, 2.24) is 9.78 Å². The molecule has 0 aliphatic carbocycles. The van der Waals surface area contributed by atoms with Crippen LogP contribution < -0.4 is 4.90 Å². The van der Waals surface area contributed by atoms with Crippen molar-refractivity contribution >= 4 is 11.7 Å². The molecule has 0 unspecified atom stereocenters. The Kier molecular flexibility index (Phi) is 3.16. The van der Waals surface area contributed by atoms with E-state index >= 15 is 0 Å². The van der Waals surface area contributed by atoms with Crippen LogP contribution in [0.3, 0.4) is 0 Å². The van der Waals surface area contributed by atoms with Crippen LogP contribution in [0.25, 0.3) is 5.69 Å². The minimum Gasteiger partial charge on any atom is -0.478 e. The van der Waals surface area contributed by atoms with Crippen LogP contribution in [-0.4, -0.2) is 34.4 Å². The van der Waals surface area contributed by atoms with Gasteiger partial charge in [0.15, 0.2) is 0 Å². The molecular formula is C15H15F2N3O2. The fourth-order valence-electron chi connectivity index (χ4n) is 2.88. The number of likely N-dealkylation sites (N-methyl/N-ethyl adjacent to an activating group) is 1. The first-order chi connectivity index (χ1) is 10.3. The van der Waals surface area contributed by atoms with Crippen molar-refractivity contribution < 1.29 is 18.7 Å². The number of halogens is 2. The van der Waals surface area contributed by atoms with Gasteiger partial charge in [-0.05, 0) is 18.6 Å². The van der Waals surface area contributed by atoms with E-state index in [1.54, 1.807) is 12.1 Å². The SMILES string of the molecule is CN1CCc2c1cccc2-n1ncc(C(=O)O)c1C(C)(F)F. The highest BCUT2D eigenvalue weighted by atomic mass is 19.3. The summed E-state index contributed by atoms with van der Waals surface area (Å²) in [5, 5.41) is 13.0. The number of alkyl halides is 2. The van der Waals surface area contributed by atoms with Crippen LogP contribution >= 0.6 is 0 Å². The van der Waals surface area contributed by atoms with E-state index in [4.69, 9.17) is 5.11 Å². The summed E-state index contributed by atoms with van der Waals surface area (Å²) < 4.78 is 29.0. The lowest BCUT2D eigenvalue weighted by molar-refractivity contribution is 0.00834. The maximum Gasteiger partial charge on any atom is 0.339 e. The quantitative estimate of drug-likeness (QED) is 0.947. The number of hydrogen-bond donors (Lipinski definition) is 1. The van der Waals surface area contributed by atoms with Crippen molar-refractivity contribution in [3.8, 4) is 5.69 Å². The van der Waals surface area contributed by atoms with Gasteiger partial charge in [-0.25, -0.2) is 9.48 Å². The van der Waals surface area contributed by atoms with Gasteiger partial charge in [0.05, 0.1) is 11.9 Å². The fourth-order valence-corrected chi connectivity index (χ4v) is 2.88. The molecule has 0 saturated carbocycles. The molecule has 5 nitrogen and oxygen atoms in total. The summed E-state index contributed by atoms with van der Waals surface area (Å²) >= 11 is 0. The molecule has 0 atom stereocenters. The minimum absolute atomic E-state index is 0.476. The third kappa shape index (κ3) is 2.13. The number of carboxylic acids is 1. The highest BCUT2D eigenvalue weighted by Gasteiger charge is 2.36. The lowest BCUT2D eigenvalue weighted by atomic mass is 10.1. The van der Waals surface area contributed by atoms with Gasteiger partial charge < -0.3 is 10.0 Å². The van der Waals surface area contributed by atoms with E-state index < -0.39 is 23.1 Å². The van der Waals surface area contributed by atoms with E-state index in [1.165, 1.54) is 0 Å². The van der Waals surface area contributed by atoms with Crippen LogP contribution in [-0.2, 0) is 12.3 Å². The Bertz CT molecular complexity index is 750. The smallest absolute Gasteiger partial charge is 0.339 e. The van der Waals surface area contributed by atoms with Gasteiger partial charge in [0.25, 0.3) is 5.92 Å². The van der Waals surface area contributed by atoms with Crippen molar-refractivity contribution in [3.05, 3.63) is 41.2 Å². The molecule has 3 rings (SSSR count). The Balaban J connectivity index is 2.25. The van der Waals surface area contributed by atoms with E-state index in [0.717, 1.165) is 28.7 Å². The van der Waals surface area contributed by atoms with Crippen LogP contribution in [0.15, 0.2) is 24.4 Å². The molecule has 22 heavy (non-hydrogen) atoms. The number of anilines is 1. The average molecular weight is 307 g/mol. The zero-order valence-corrected chi connectivity index (χ0v) is 12.2. The minimum atomic E-state index is -3.31. The number of hydrogen-bond acceptors (Lipinski definition) is 3. The Labute approximate surface area is 125 Å². The topological polar surface area (TPSA) is 58.4 Å². The number of aromatic nitrogens is 2. The Hall–Kier alpha value is -2.44. The highest BCUT2D eigenvalue weighted by Crippen LogP contribution is 2.36. The second-order valence-corrected chi connectivity index (χ2v) is 5.46. The molecule has 2 heterocycles. The Morgan fingerprint density at radius 1 is 1.36 bits per heavy atom. The highest BCUT2D eigenvalue weighted by molar-refractivity contribution is 5.89. The van der Waals surface area contributed by atoms with Gasteiger partial charge in [0.1, 0.15) is 11.3 Å². The molecular weight excluding hydrogens is 292 g/mol. The van der Waals surface area contributed by atoms with Crippen molar-refractivity contribution in [2.75, 3.05) is 18.5 Å². The molecule has 0 fully saturated rings. The summed E-state index contributed by atoms with van der Waals surface area (Å²) in [6, 6.07) is 5.36. The third-order valence-electron chi connectivity index (χ3n) is 3.88. The van der Waals surface area contributed by atoms with Gasteiger partial charge in [0.2, 0.25) is 0 Å². The first-order valence-electron chi connectivity index (χ1n) is 6.83. The van der Waals surface area contributed by atoms with Crippen LogP contribution in [0.1, 0.15) is 28.5 Å².